The third-order valence-electron chi connectivity index (χ3n) is 4.52. The molecule has 144 valence electrons. The molecular formula is C21H26ClN3O2. The molecule has 0 fully saturated rings. The van der Waals surface area contributed by atoms with Gasteiger partial charge in [-0.25, -0.2) is 9.78 Å². The van der Waals surface area contributed by atoms with E-state index in [4.69, 9.17) is 16.3 Å². The molecule has 2 aromatic rings. The number of hydrogen-bond acceptors (Lipinski definition) is 4. The van der Waals surface area contributed by atoms with Gasteiger partial charge in [0, 0.05) is 30.9 Å². The zero-order valence-corrected chi connectivity index (χ0v) is 16.8. The Labute approximate surface area is 165 Å². The van der Waals surface area contributed by atoms with E-state index >= 15 is 0 Å². The first-order valence-corrected chi connectivity index (χ1v) is 9.63. The SMILES string of the molecule is CC(C)(C)OC(=O)N1CCc2ccc(Cl)c(CNc3ccccn3)c2CC1. The largest absolute Gasteiger partial charge is 0.444 e. The summed E-state index contributed by atoms with van der Waals surface area (Å²) in [5.74, 6) is 0.815. The summed E-state index contributed by atoms with van der Waals surface area (Å²) >= 11 is 6.50. The molecule has 1 aromatic heterocycles. The van der Waals surface area contributed by atoms with Gasteiger partial charge in [0.15, 0.2) is 0 Å². The van der Waals surface area contributed by atoms with Crippen LogP contribution < -0.4 is 5.32 Å². The number of pyridine rings is 1. The van der Waals surface area contributed by atoms with Crippen LogP contribution in [-0.2, 0) is 24.1 Å². The molecule has 1 aromatic carbocycles. The standard InChI is InChI=1S/C21H26ClN3O2/c1-21(2,3)27-20(26)25-12-9-15-7-8-18(22)17(16(15)10-13-25)14-24-19-6-4-5-11-23-19/h4-8,11H,9-10,12-14H2,1-3H3,(H,23,24). The average molecular weight is 388 g/mol. The van der Waals surface area contributed by atoms with Crippen LogP contribution in [0.2, 0.25) is 5.02 Å². The van der Waals surface area contributed by atoms with Gasteiger partial charge in [-0.3, -0.25) is 0 Å². The highest BCUT2D eigenvalue weighted by Crippen LogP contribution is 2.28. The number of carbonyl (C=O) groups is 1. The fourth-order valence-electron chi connectivity index (χ4n) is 3.22. The zero-order valence-electron chi connectivity index (χ0n) is 16.1. The van der Waals surface area contributed by atoms with E-state index in [9.17, 15) is 4.79 Å². The number of rotatable bonds is 3. The fraction of sp³-hybridized carbons (Fsp3) is 0.429. The summed E-state index contributed by atoms with van der Waals surface area (Å²) in [6.45, 7) is 7.54. The van der Waals surface area contributed by atoms with E-state index in [-0.39, 0.29) is 6.09 Å². The minimum Gasteiger partial charge on any atom is -0.444 e. The van der Waals surface area contributed by atoms with Gasteiger partial charge in [-0.05, 0) is 68.5 Å². The van der Waals surface area contributed by atoms with Gasteiger partial charge in [-0.15, -0.1) is 0 Å². The lowest BCUT2D eigenvalue weighted by atomic mass is 9.97. The van der Waals surface area contributed by atoms with Gasteiger partial charge >= 0.3 is 6.09 Å². The number of fused-ring (bicyclic) bond motifs is 1. The lowest BCUT2D eigenvalue weighted by molar-refractivity contribution is 0.0258. The summed E-state index contributed by atoms with van der Waals surface area (Å²) in [4.78, 5) is 18.5. The van der Waals surface area contributed by atoms with Crippen LogP contribution >= 0.6 is 11.6 Å². The van der Waals surface area contributed by atoms with Crippen molar-refractivity contribution in [3.05, 3.63) is 58.2 Å². The third-order valence-corrected chi connectivity index (χ3v) is 4.87. The molecule has 2 heterocycles. The summed E-state index contributed by atoms with van der Waals surface area (Å²) in [5.41, 5.74) is 3.04. The Bertz CT molecular complexity index is 803. The lowest BCUT2D eigenvalue weighted by Gasteiger charge is -2.26. The molecule has 3 rings (SSSR count). The molecule has 0 saturated heterocycles. The highest BCUT2D eigenvalue weighted by molar-refractivity contribution is 6.31. The second kappa shape index (κ2) is 8.17. The Morgan fingerprint density at radius 3 is 2.70 bits per heavy atom. The van der Waals surface area contributed by atoms with Crippen molar-refractivity contribution in [2.45, 2.75) is 45.8 Å². The van der Waals surface area contributed by atoms with E-state index in [2.05, 4.69) is 16.4 Å². The highest BCUT2D eigenvalue weighted by atomic mass is 35.5. The van der Waals surface area contributed by atoms with Gasteiger partial charge in [0.25, 0.3) is 0 Å². The Balaban J connectivity index is 1.75. The minimum atomic E-state index is -0.489. The molecular weight excluding hydrogens is 362 g/mol. The molecule has 0 spiro atoms. The van der Waals surface area contributed by atoms with E-state index in [1.165, 1.54) is 11.1 Å². The maximum atomic E-state index is 12.4. The molecule has 1 aliphatic heterocycles. The molecule has 27 heavy (non-hydrogen) atoms. The van der Waals surface area contributed by atoms with E-state index < -0.39 is 5.60 Å². The third kappa shape index (κ3) is 5.13. The van der Waals surface area contributed by atoms with Crippen molar-refractivity contribution < 1.29 is 9.53 Å². The molecule has 6 heteroatoms. The zero-order chi connectivity index (χ0) is 19.4. The Hall–Kier alpha value is -2.27. The number of ether oxygens (including phenoxy) is 1. The van der Waals surface area contributed by atoms with Gasteiger partial charge < -0.3 is 15.0 Å². The Kier molecular flexibility index (Phi) is 5.90. The molecule has 0 unspecified atom stereocenters. The van der Waals surface area contributed by atoms with Gasteiger partial charge in [0.2, 0.25) is 0 Å². The van der Waals surface area contributed by atoms with Crippen molar-refractivity contribution >= 4 is 23.5 Å². The van der Waals surface area contributed by atoms with Crippen LogP contribution in [-0.4, -0.2) is 34.7 Å². The Morgan fingerprint density at radius 2 is 2.00 bits per heavy atom. The van der Waals surface area contributed by atoms with Crippen LogP contribution in [0.4, 0.5) is 10.6 Å². The van der Waals surface area contributed by atoms with Gasteiger partial charge in [0.05, 0.1) is 0 Å². The van der Waals surface area contributed by atoms with Gasteiger partial charge in [-0.2, -0.15) is 0 Å². The molecule has 0 bridgehead atoms. The summed E-state index contributed by atoms with van der Waals surface area (Å²) in [6, 6.07) is 9.78. The molecule has 0 radical (unpaired) electrons. The maximum absolute atomic E-state index is 12.4. The number of amides is 1. The first-order chi connectivity index (χ1) is 12.8. The monoisotopic (exact) mass is 387 g/mol. The van der Waals surface area contributed by atoms with E-state index in [0.717, 1.165) is 29.2 Å². The van der Waals surface area contributed by atoms with Crippen molar-refractivity contribution in [3.8, 4) is 0 Å². The second-order valence-corrected chi connectivity index (χ2v) is 8.11. The van der Waals surface area contributed by atoms with E-state index in [1.807, 2.05) is 45.0 Å². The van der Waals surface area contributed by atoms with Crippen molar-refractivity contribution in [3.63, 3.8) is 0 Å². The predicted molar refractivity (Wildman–Crippen MR) is 108 cm³/mol. The van der Waals surface area contributed by atoms with Crippen molar-refractivity contribution in [2.75, 3.05) is 18.4 Å². The summed E-state index contributed by atoms with van der Waals surface area (Å²) in [7, 11) is 0. The summed E-state index contributed by atoms with van der Waals surface area (Å²) in [5, 5.41) is 4.08. The number of benzene rings is 1. The number of anilines is 1. The van der Waals surface area contributed by atoms with Crippen LogP contribution in [0.3, 0.4) is 0 Å². The molecule has 1 N–H and O–H groups in total. The van der Waals surface area contributed by atoms with Crippen LogP contribution in [0.1, 0.15) is 37.5 Å². The van der Waals surface area contributed by atoms with Crippen molar-refractivity contribution in [2.24, 2.45) is 0 Å². The summed E-state index contributed by atoms with van der Waals surface area (Å²) < 4.78 is 5.53. The van der Waals surface area contributed by atoms with Crippen LogP contribution in [0.25, 0.3) is 0 Å². The highest BCUT2D eigenvalue weighted by Gasteiger charge is 2.25. The number of carbonyl (C=O) groups excluding carboxylic acids is 1. The van der Waals surface area contributed by atoms with Gasteiger partial charge in [-0.1, -0.05) is 23.7 Å². The quantitative estimate of drug-likeness (QED) is 0.830. The number of nitrogens with one attached hydrogen (secondary N) is 1. The van der Waals surface area contributed by atoms with Crippen LogP contribution in [0.15, 0.2) is 36.5 Å². The molecule has 1 aliphatic rings. The molecule has 0 atom stereocenters. The van der Waals surface area contributed by atoms with Crippen molar-refractivity contribution in [1.82, 2.24) is 9.88 Å². The Morgan fingerprint density at radius 1 is 1.22 bits per heavy atom. The summed E-state index contributed by atoms with van der Waals surface area (Å²) in [6.07, 6.45) is 3.06. The van der Waals surface area contributed by atoms with Crippen LogP contribution in [0.5, 0.6) is 0 Å². The first kappa shape index (κ1) is 19.5. The minimum absolute atomic E-state index is 0.255. The number of nitrogens with zero attached hydrogens (tertiary/aromatic N) is 2. The second-order valence-electron chi connectivity index (χ2n) is 7.70. The number of hydrogen-bond donors (Lipinski definition) is 1. The van der Waals surface area contributed by atoms with E-state index in [1.54, 1.807) is 11.1 Å². The molecule has 0 saturated carbocycles. The number of halogens is 1. The molecule has 5 nitrogen and oxygen atoms in total. The van der Waals surface area contributed by atoms with Crippen molar-refractivity contribution in [1.29, 1.82) is 0 Å². The van der Waals surface area contributed by atoms with E-state index in [0.29, 0.717) is 19.6 Å². The first-order valence-electron chi connectivity index (χ1n) is 9.25. The fourth-order valence-corrected chi connectivity index (χ4v) is 3.46. The lowest BCUT2D eigenvalue weighted by Crippen LogP contribution is -2.38. The molecule has 0 aliphatic carbocycles. The maximum Gasteiger partial charge on any atom is 0.410 e. The van der Waals surface area contributed by atoms with Gasteiger partial charge in [0.1, 0.15) is 11.4 Å². The normalized spacial score (nSPS) is 14.3. The average Bonchev–Trinajstić information content (AvgIpc) is 2.83. The topological polar surface area (TPSA) is 54.5 Å². The molecule has 1 amide bonds. The smallest absolute Gasteiger partial charge is 0.410 e. The van der Waals surface area contributed by atoms with Crippen LogP contribution in [0, 0.1) is 0 Å². The number of aromatic nitrogens is 1. The predicted octanol–water partition coefficient (Wildman–Crippen LogP) is 4.68.